The number of amides is 2. The lowest BCUT2D eigenvalue weighted by atomic mass is 9.77. The van der Waals surface area contributed by atoms with Crippen LogP contribution in [0.15, 0.2) is 42.5 Å². The van der Waals surface area contributed by atoms with Crippen molar-refractivity contribution in [2.45, 2.75) is 24.9 Å². The average Bonchev–Trinajstić information content (AvgIpc) is 3.14. The highest BCUT2D eigenvalue weighted by Gasteiger charge is 2.66. The number of hydrogen-bond donors (Lipinski definition) is 3. The van der Waals surface area contributed by atoms with Gasteiger partial charge in [0.2, 0.25) is 12.5 Å². The summed E-state index contributed by atoms with van der Waals surface area (Å²) in [5, 5.41) is 14.4. The number of benzene rings is 2. The maximum atomic E-state index is 13.9. The van der Waals surface area contributed by atoms with Crippen LogP contribution < -0.4 is 20.1 Å². The van der Waals surface area contributed by atoms with E-state index in [0.717, 1.165) is 5.56 Å². The number of urea groups is 1. The minimum Gasteiger partial charge on any atom is -0.454 e. The molecule has 0 radical (unpaired) electrons. The molecule has 2 heterocycles. The molecule has 0 aliphatic carbocycles. The van der Waals surface area contributed by atoms with E-state index in [1.54, 1.807) is 19.1 Å². The van der Waals surface area contributed by atoms with Crippen molar-refractivity contribution in [3.8, 4) is 11.5 Å². The van der Waals surface area contributed by atoms with Crippen LogP contribution in [-0.2, 0) is 0 Å². The predicted octanol–water partition coefficient (Wildman–Crippen LogP) is 2.83. The Morgan fingerprint density at radius 2 is 1.80 bits per heavy atom. The van der Waals surface area contributed by atoms with Gasteiger partial charge in [0.15, 0.2) is 17.3 Å². The molecular formula is C20H17F3N2O5. The zero-order valence-corrected chi connectivity index (χ0v) is 15.6. The molecule has 2 amide bonds. The van der Waals surface area contributed by atoms with E-state index in [4.69, 9.17) is 9.47 Å². The number of carbonyl (C=O) groups excluding carboxylic acids is 2. The number of ether oxygens (including phenoxy) is 2. The van der Waals surface area contributed by atoms with Crippen LogP contribution in [0.25, 0.3) is 0 Å². The second kappa shape index (κ2) is 6.91. The van der Waals surface area contributed by atoms with Crippen molar-refractivity contribution in [2.75, 3.05) is 6.79 Å². The van der Waals surface area contributed by atoms with E-state index >= 15 is 0 Å². The van der Waals surface area contributed by atoms with Crippen LogP contribution in [0.2, 0.25) is 0 Å². The number of halogens is 3. The largest absolute Gasteiger partial charge is 0.454 e. The van der Waals surface area contributed by atoms with E-state index in [0.29, 0.717) is 5.75 Å². The number of aliphatic hydroxyl groups is 1. The number of alkyl halides is 3. The van der Waals surface area contributed by atoms with Crippen LogP contribution in [0.5, 0.6) is 11.5 Å². The Labute approximate surface area is 168 Å². The number of Topliss-reactive ketones (excluding diaryl/α,β-unsaturated/α-hetero) is 1. The highest BCUT2D eigenvalue weighted by atomic mass is 19.4. The number of rotatable bonds is 3. The van der Waals surface area contributed by atoms with Crippen molar-refractivity contribution < 1.29 is 37.3 Å². The molecule has 7 nitrogen and oxygen atoms in total. The standard InChI is InChI=1S/C20H17F3N2O5/c1-10-2-4-11(5-3-10)17(26)15-16(12-6-7-13-14(8-12)30-9-29-13)24-18(27)25-19(15,28)20(21,22)23/h2-8,15-16,28H,9H2,1H3,(H2,24,25,27)/t15-,16+,19+/m1/s1. The molecule has 2 aromatic carbocycles. The van der Waals surface area contributed by atoms with Crippen molar-refractivity contribution in [1.82, 2.24) is 10.6 Å². The smallest absolute Gasteiger partial charge is 0.437 e. The molecule has 0 aromatic heterocycles. The summed E-state index contributed by atoms with van der Waals surface area (Å²) in [4.78, 5) is 25.2. The zero-order valence-electron chi connectivity index (χ0n) is 15.6. The molecule has 10 heteroatoms. The van der Waals surface area contributed by atoms with Crippen LogP contribution >= 0.6 is 0 Å². The van der Waals surface area contributed by atoms with E-state index in [2.05, 4.69) is 5.32 Å². The summed E-state index contributed by atoms with van der Waals surface area (Å²) in [6.45, 7) is 1.70. The Hall–Kier alpha value is -3.27. The molecule has 1 saturated heterocycles. The Bertz CT molecular complexity index is 1010. The fourth-order valence-electron chi connectivity index (χ4n) is 3.62. The minimum absolute atomic E-state index is 0.0306. The number of ketones is 1. The Kier molecular flexibility index (Phi) is 4.61. The van der Waals surface area contributed by atoms with Crippen LogP contribution in [-0.4, -0.2) is 35.6 Å². The van der Waals surface area contributed by atoms with Gasteiger partial charge in [-0.05, 0) is 24.6 Å². The number of carbonyl (C=O) groups is 2. The maximum absolute atomic E-state index is 13.9. The summed E-state index contributed by atoms with van der Waals surface area (Å²) in [5.74, 6) is -2.44. The van der Waals surface area contributed by atoms with Crippen LogP contribution in [0.3, 0.4) is 0 Å². The van der Waals surface area contributed by atoms with Crippen molar-refractivity contribution in [3.05, 3.63) is 59.2 Å². The number of fused-ring (bicyclic) bond motifs is 1. The van der Waals surface area contributed by atoms with Crippen molar-refractivity contribution in [3.63, 3.8) is 0 Å². The summed E-state index contributed by atoms with van der Waals surface area (Å²) < 4.78 is 52.2. The molecule has 0 spiro atoms. The van der Waals surface area contributed by atoms with Gasteiger partial charge in [0, 0.05) is 5.56 Å². The first-order valence-electron chi connectivity index (χ1n) is 8.98. The van der Waals surface area contributed by atoms with E-state index in [9.17, 15) is 27.9 Å². The number of nitrogens with one attached hydrogen (secondary N) is 2. The molecule has 0 bridgehead atoms. The van der Waals surface area contributed by atoms with Gasteiger partial charge in [-0.3, -0.25) is 4.79 Å². The van der Waals surface area contributed by atoms with Crippen molar-refractivity contribution in [1.29, 1.82) is 0 Å². The number of hydrogen-bond acceptors (Lipinski definition) is 5. The molecule has 30 heavy (non-hydrogen) atoms. The van der Waals surface area contributed by atoms with Gasteiger partial charge < -0.3 is 25.2 Å². The first kappa shape index (κ1) is 20.0. The number of aryl methyl sites for hydroxylation is 1. The van der Waals surface area contributed by atoms with Gasteiger partial charge in [0.05, 0.1) is 6.04 Å². The van der Waals surface area contributed by atoms with Gasteiger partial charge in [-0.2, -0.15) is 13.2 Å². The lowest BCUT2D eigenvalue weighted by molar-refractivity contribution is -0.287. The van der Waals surface area contributed by atoms with E-state index in [1.807, 2.05) is 0 Å². The fraction of sp³-hybridized carbons (Fsp3) is 0.300. The second-order valence-corrected chi connectivity index (χ2v) is 7.16. The molecule has 2 aliphatic heterocycles. The normalized spacial score (nSPS) is 25.4. The third-order valence-corrected chi connectivity index (χ3v) is 5.18. The van der Waals surface area contributed by atoms with Crippen molar-refractivity contribution >= 4 is 11.8 Å². The summed E-state index contributed by atoms with van der Waals surface area (Å²) in [6, 6.07) is 7.42. The third kappa shape index (κ3) is 3.22. The Balaban J connectivity index is 1.84. The highest BCUT2D eigenvalue weighted by Crippen LogP contribution is 2.45. The Morgan fingerprint density at radius 3 is 2.47 bits per heavy atom. The molecule has 158 valence electrons. The van der Waals surface area contributed by atoms with Gasteiger partial charge in [0.25, 0.3) is 0 Å². The van der Waals surface area contributed by atoms with Crippen LogP contribution in [0.1, 0.15) is 27.5 Å². The van der Waals surface area contributed by atoms with Gasteiger partial charge in [-0.15, -0.1) is 0 Å². The summed E-state index contributed by atoms with van der Waals surface area (Å²) in [5.41, 5.74) is -2.85. The minimum atomic E-state index is -5.32. The summed E-state index contributed by atoms with van der Waals surface area (Å²) in [7, 11) is 0. The molecule has 3 N–H and O–H groups in total. The summed E-state index contributed by atoms with van der Waals surface area (Å²) in [6.07, 6.45) is -5.32. The topological polar surface area (TPSA) is 96.9 Å². The molecule has 0 unspecified atom stereocenters. The lowest BCUT2D eigenvalue weighted by Gasteiger charge is -2.45. The van der Waals surface area contributed by atoms with Crippen molar-refractivity contribution in [2.24, 2.45) is 5.92 Å². The fourth-order valence-corrected chi connectivity index (χ4v) is 3.62. The lowest BCUT2D eigenvalue weighted by Crippen LogP contribution is -2.72. The van der Waals surface area contributed by atoms with Crippen LogP contribution in [0, 0.1) is 12.8 Å². The maximum Gasteiger partial charge on any atom is 0.437 e. The van der Waals surface area contributed by atoms with E-state index in [1.165, 1.54) is 35.6 Å². The molecule has 3 atom stereocenters. The van der Waals surface area contributed by atoms with Crippen LogP contribution in [0.4, 0.5) is 18.0 Å². The zero-order chi connectivity index (χ0) is 21.7. The molecule has 2 aliphatic rings. The summed E-state index contributed by atoms with van der Waals surface area (Å²) >= 11 is 0. The highest BCUT2D eigenvalue weighted by molar-refractivity contribution is 6.00. The van der Waals surface area contributed by atoms with Gasteiger partial charge in [0.1, 0.15) is 5.92 Å². The first-order valence-corrected chi connectivity index (χ1v) is 8.98. The average molecular weight is 422 g/mol. The molecule has 4 rings (SSSR count). The van der Waals surface area contributed by atoms with Gasteiger partial charge >= 0.3 is 12.2 Å². The molecular weight excluding hydrogens is 405 g/mol. The third-order valence-electron chi connectivity index (χ3n) is 5.18. The van der Waals surface area contributed by atoms with E-state index < -0.39 is 35.7 Å². The quantitative estimate of drug-likeness (QED) is 0.661. The second-order valence-electron chi connectivity index (χ2n) is 7.16. The monoisotopic (exact) mass is 422 g/mol. The van der Waals surface area contributed by atoms with E-state index in [-0.39, 0.29) is 23.7 Å². The SMILES string of the molecule is Cc1ccc(C(=O)[C@H]2[C@H](c3ccc4c(c3)OCO4)NC(=O)N[C@@]2(O)C(F)(F)F)cc1. The molecule has 0 saturated carbocycles. The van der Waals surface area contributed by atoms with Gasteiger partial charge in [-0.25, -0.2) is 4.79 Å². The molecule has 2 aromatic rings. The first-order chi connectivity index (χ1) is 14.1. The van der Waals surface area contributed by atoms with Gasteiger partial charge in [-0.1, -0.05) is 35.9 Å². The Morgan fingerprint density at radius 1 is 1.13 bits per heavy atom. The predicted molar refractivity (Wildman–Crippen MR) is 97.0 cm³/mol. The molecule has 1 fully saturated rings.